The van der Waals surface area contributed by atoms with Gasteiger partial charge in [-0.2, -0.15) is 0 Å². The summed E-state index contributed by atoms with van der Waals surface area (Å²) in [5.74, 6) is 0.0522. The van der Waals surface area contributed by atoms with E-state index in [2.05, 4.69) is 6.92 Å². The third-order valence-corrected chi connectivity index (χ3v) is 6.48. The van der Waals surface area contributed by atoms with Crippen molar-refractivity contribution in [1.82, 2.24) is 0 Å². The maximum atomic E-state index is 9.81. The molecule has 0 fully saturated rings. The lowest BCUT2D eigenvalue weighted by molar-refractivity contribution is 0.125. The van der Waals surface area contributed by atoms with Crippen LogP contribution >= 0.6 is 0 Å². The van der Waals surface area contributed by atoms with Crippen LogP contribution in [0.2, 0.25) is 0 Å². The van der Waals surface area contributed by atoms with Gasteiger partial charge in [-0.15, -0.1) is 0 Å². The van der Waals surface area contributed by atoms with E-state index in [9.17, 15) is 10.2 Å². The van der Waals surface area contributed by atoms with Crippen LogP contribution in [0.15, 0.2) is 18.2 Å². The Balaban J connectivity index is 1.72. The molecule has 0 aliphatic heterocycles. The molecular weight excluding hydrogens is 396 g/mol. The number of para-hydroxylation sites is 1. The van der Waals surface area contributed by atoms with Crippen LogP contribution in [-0.2, 0) is 11.2 Å². The third-order valence-electron chi connectivity index (χ3n) is 6.48. The van der Waals surface area contributed by atoms with E-state index >= 15 is 0 Å². The quantitative estimate of drug-likeness (QED) is 0.130. The van der Waals surface area contributed by atoms with Crippen molar-refractivity contribution < 1.29 is 14.9 Å². The van der Waals surface area contributed by atoms with Gasteiger partial charge in [0.25, 0.3) is 0 Å². The zero-order valence-corrected chi connectivity index (χ0v) is 21.1. The highest BCUT2D eigenvalue weighted by atomic mass is 16.5. The van der Waals surface area contributed by atoms with Crippen molar-refractivity contribution in [2.75, 3.05) is 13.2 Å². The number of ether oxygens (including phenoxy) is 1. The second kappa shape index (κ2) is 21.6. The standard InChI is InChI=1S/C29H52O3/c1-2-3-4-5-6-13-16-19-25-32-26-20-17-14-11-9-7-8-10-12-15-18-22-27-23-21-24-28(30)29(27)31/h21,23-24,30-31H,2-20,22,25-26H2,1H3. The molecule has 1 rings (SSSR count). The number of aryl methyl sites for hydroxylation is 1. The summed E-state index contributed by atoms with van der Waals surface area (Å²) in [7, 11) is 0. The summed E-state index contributed by atoms with van der Waals surface area (Å²) in [5, 5.41) is 19.3. The molecule has 0 aromatic heterocycles. The molecule has 0 saturated carbocycles. The highest BCUT2D eigenvalue weighted by Gasteiger charge is 2.04. The van der Waals surface area contributed by atoms with Crippen molar-refractivity contribution >= 4 is 0 Å². The van der Waals surface area contributed by atoms with Crippen LogP contribution < -0.4 is 0 Å². The number of benzene rings is 1. The van der Waals surface area contributed by atoms with Crippen molar-refractivity contribution in [3.8, 4) is 11.5 Å². The zero-order chi connectivity index (χ0) is 23.1. The van der Waals surface area contributed by atoms with E-state index in [1.807, 2.05) is 6.07 Å². The molecule has 0 spiro atoms. The molecule has 0 aliphatic rings. The van der Waals surface area contributed by atoms with E-state index in [1.54, 1.807) is 6.07 Å². The first-order valence-corrected chi connectivity index (χ1v) is 13.8. The van der Waals surface area contributed by atoms with E-state index in [1.165, 1.54) is 122 Å². The first kappa shape index (κ1) is 28.8. The smallest absolute Gasteiger partial charge is 0.160 e. The second-order valence-corrected chi connectivity index (χ2v) is 9.51. The maximum Gasteiger partial charge on any atom is 0.160 e. The normalized spacial score (nSPS) is 11.3. The number of aromatic hydroxyl groups is 2. The highest BCUT2D eigenvalue weighted by Crippen LogP contribution is 2.29. The van der Waals surface area contributed by atoms with Gasteiger partial charge in [-0.05, 0) is 37.3 Å². The van der Waals surface area contributed by atoms with Crippen molar-refractivity contribution in [3.63, 3.8) is 0 Å². The number of unbranched alkanes of at least 4 members (excludes halogenated alkanes) is 17. The molecule has 0 radical (unpaired) electrons. The van der Waals surface area contributed by atoms with Gasteiger partial charge in [-0.3, -0.25) is 0 Å². The lowest BCUT2D eigenvalue weighted by Gasteiger charge is -2.06. The van der Waals surface area contributed by atoms with E-state index in [0.717, 1.165) is 31.6 Å². The van der Waals surface area contributed by atoms with Crippen molar-refractivity contribution in [2.24, 2.45) is 0 Å². The Morgan fingerprint density at radius 1 is 0.562 bits per heavy atom. The molecule has 3 heteroatoms. The van der Waals surface area contributed by atoms with Gasteiger partial charge in [0.05, 0.1) is 0 Å². The lowest BCUT2D eigenvalue weighted by Crippen LogP contribution is -1.97. The molecule has 186 valence electrons. The molecule has 0 bridgehead atoms. The molecule has 0 saturated heterocycles. The van der Waals surface area contributed by atoms with Gasteiger partial charge in [0.1, 0.15) is 0 Å². The second-order valence-electron chi connectivity index (χ2n) is 9.51. The summed E-state index contributed by atoms with van der Waals surface area (Å²) < 4.78 is 5.78. The summed E-state index contributed by atoms with van der Waals surface area (Å²) in [6, 6.07) is 5.24. The van der Waals surface area contributed by atoms with E-state index < -0.39 is 0 Å². The molecule has 2 N–H and O–H groups in total. The number of rotatable bonds is 23. The maximum absolute atomic E-state index is 9.81. The first-order valence-electron chi connectivity index (χ1n) is 13.8. The fourth-order valence-corrected chi connectivity index (χ4v) is 4.33. The van der Waals surface area contributed by atoms with Gasteiger partial charge in [-0.1, -0.05) is 122 Å². The molecular formula is C29H52O3. The minimum Gasteiger partial charge on any atom is -0.504 e. The number of phenolic OH excluding ortho intramolecular Hbond substituents is 2. The Morgan fingerprint density at radius 3 is 1.50 bits per heavy atom. The molecule has 0 atom stereocenters. The van der Waals surface area contributed by atoms with Gasteiger partial charge in [0.2, 0.25) is 0 Å². The molecule has 32 heavy (non-hydrogen) atoms. The fraction of sp³-hybridized carbons (Fsp3) is 0.793. The topological polar surface area (TPSA) is 49.7 Å². The Hall–Kier alpha value is -1.22. The molecule has 0 unspecified atom stereocenters. The Kier molecular flexibility index (Phi) is 19.5. The fourth-order valence-electron chi connectivity index (χ4n) is 4.33. The Labute approximate surface area is 199 Å². The predicted octanol–water partition coefficient (Wildman–Crippen LogP) is 9.09. The summed E-state index contributed by atoms with van der Waals surface area (Å²) in [6.07, 6.45) is 26.0. The molecule has 3 nitrogen and oxygen atoms in total. The summed E-state index contributed by atoms with van der Waals surface area (Å²) in [5.41, 5.74) is 0.864. The summed E-state index contributed by atoms with van der Waals surface area (Å²) in [4.78, 5) is 0. The van der Waals surface area contributed by atoms with Gasteiger partial charge in [0, 0.05) is 13.2 Å². The average molecular weight is 449 g/mol. The van der Waals surface area contributed by atoms with Gasteiger partial charge < -0.3 is 14.9 Å². The monoisotopic (exact) mass is 448 g/mol. The first-order chi connectivity index (χ1) is 15.8. The van der Waals surface area contributed by atoms with Crippen LogP contribution in [-0.4, -0.2) is 23.4 Å². The van der Waals surface area contributed by atoms with E-state index in [4.69, 9.17) is 4.74 Å². The van der Waals surface area contributed by atoms with E-state index in [0.29, 0.717) is 0 Å². The molecule has 1 aromatic rings. The van der Waals surface area contributed by atoms with Gasteiger partial charge in [-0.25, -0.2) is 0 Å². The largest absolute Gasteiger partial charge is 0.504 e. The zero-order valence-electron chi connectivity index (χ0n) is 21.1. The van der Waals surface area contributed by atoms with Gasteiger partial charge in [0.15, 0.2) is 11.5 Å². The molecule has 0 aliphatic carbocycles. The van der Waals surface area contributed by atoms with Crippen LogP contribution in [0.3, 0.4) is 0 Å². The van der Waals surface area contributed by atoms with Crippen molar-refractivity contribution in [3.05, 3.63) is 23.8 Å². The predicted molar refractivity (Wildman–Crippen MR) is 138 cm³/mol. The third kappa shape index (κ3) is 16.4. The van der Waals surface area contributed by atoms with Crippen LogP contribution in [0.5, 0.6) is 11.5 Å². The number of phenols is 2. The molecule has 0 heterocycles. The average Bonchev–Trinajstić information content (AvgIpc) is 2.80. The highest BCUT2D eigenvalue weighted by molar-refractivity contribution is 5.44. The number of hydrogen-bond acceptors (Lipinski definition) is 3. The molecule has 1 aromatic carbocycles. The van der Waals surface area contributed by atoms with Crippen LogP contribution in [0.25, 0.3) is 0 Å². The van der Waals surface area contributed by atoms with Crippen LogP contribution in [0.1, 0.15) is 134 Å². The van der Waals surface area contributed by atoms with Gasteiger partial charge >= 0.3 is 0 Å². The minimum atomic E-state index is -0.00571. The number of hydrogen-bond donors (Lipinski definition) is 2. The Bertz CT molecular complexity index is 529. The lowest BCUT2D eigenvalue weighted by atomic mass is 10.0. The summed E-state index contributed by atoms with van der Waals surface area (Å²) >= 11 is 0. The van der Waals surface area contributed by atoms with Crippen molar-refractivity contribution in [2.45, 2.75) is 135 Å². The minimum absolute atomic E-state index is 0.00571. The van der Waals surface area contributed by atoms with E-state index in [-0.39, 0.29) is 11.5 Å². The van der Waals surface area contributed by atoms with Crippen LogP contribution in [0.4, 0.5) is 0 Å². The van der Waals surface area contributed by atoms with Crippen LogP contribution in [0, 0.1) is 0 Å². The summed E-state index contributed by atoms with van der Waals surface area (Å²) in [6.45, 7) is 4.19. The van der Waals surface area contributed by atoms with Crippen molar-refractivity contribution in [1.29, 1.82) is 0 Å². The SMILES string of the molecule is CCCCCCCCCCOCCCCCCCCCCCCCc1cccc(O)c1O. The molecule has 0 amide bonds. The Morgan fingerprint density at radius 2 is 1.00 bits per heavy atom.